The van der Waals surface area contributed by atoms with E-state index in [0.717, 1.165) is 5.06 Å². The fraction of sp³-hybridized carbons (Fsp3) is 0.692. The molecule has 0 aromatic carbocycles. The lowest BCUT2D eigenvalue weighted by atomic mass is 9.97. The van der Waals surface area contributed by atoms with Crippen LogP contribution >= 0.6 is 0 Å². The SMILES string of the molecule is CC(=O)N1C[C@H](N(C)OS(=O)(=O)O)CC[C@H]1C(=O)NOCCn1nccn1. The van der Waals surface area contributed by atoms with Gasteiger partial charge in [-0.2, -0.15) is 32.8 Å². The Hall–Kier alpha value is -2.13. The van der Waals surface area contributed by atoms with Crippen LogP contribution in [0, 0.1) is 0 Å². The van der Waals surface area contributed by atoms with Crippen molar-refractivity contribution in [1.29, 1.82) is 0 Å². The Morgan fingerprint density at radius 1 is 1.33 bits per heavy atom. The Morgan fingerprint density at radius 2 is 2.00 bits per heavy atom. The first kappa shape index (κ1) is 21.2. The first-order valence-electron chi connectivity index (χ1n) is 8.10. The van der Waals surface area contributed by atoms with Crippen molar-refractivity contribution >= 4 is 22.2 Å². The molecule has 0 unspecified atom stereocenters. The molecule has 27 heavy (non-hydrogen) atoms. The first-order chi connectivity index (χ1) is 12.7. The highest BCUT2D eigenvalue weighted by Crippen LogP contribution is 2.22. The number of hydrogen-bond acceptors (Lipinski definition) is 9. The Kier molecular flexibility index (Phi) is 7.20. The Morgan fingerprint density at radius 3 is 2.59 bits per heavy atom. The van der Waals surface area contributed by atoms with Crippen LogP contribution in [-0.2, 0) is 35.7 Å². The molecule has 2 amide bonds. The highest BCUT2D eigenvalue weighted by Gasteiger charge is 2.37. The minimum Gasteiger partial charge on any atom is -0.329 e. The van der Waals surface area contributed by atoms with Crippen LogP contribution in [0.3, 0.4) is 0 Å². The number of nitrogens with one attached hydrogen (secondary N) is 1. The molecular weight excluding hydrogens is 384 g/mol. The molecule has 14 heteroatoms. The van der Waals surface area contributed by atoms with E-state index in [2.05, 4.69) is 20.0 Å². The largest absolute Gasteiger partial charge is 0.413 e. The minimum atomic E-state index is -4.66. The number of carbonyl (C=O) groups excluding carboxylic acids is 2. The summed E-state index contributed by atoms with van der Waals surface area (Å²) in [6.45, 7) is 1.84. The summed E-state index contributed by atoms with van der Waals surface area (Å²) in [5, 5.41) is 8.73. The predicted molar refractivity (Wildman–Crippen MR) is 88.7 cm³/mol. The summed E-state index contributed by atoms with van der Waals surface area (Å²) in [5.74, 6) is -0.851. The van der Waals surface area contributed by atoms with Gasteiger partial charge in [0.1, 0.15) is 6.04 Å². The van der Waals surface area contributed by atoms with Crippen LogP contribution < -0.4 is 5.48 Å². The van der Waals surface area contributed by atoms with E-state index in [-0.39, 0.29) is 25.5 Å². The average Bonchev–Trinajstić information content (AvgIpc) is 3.09. The molecule has 0 bridgehead atoms. The number of piperidine rings is 1. The number of hydroxylamine groups is 3. The van der Waals surface area contributed by atoms with E-state index in [1.807, 2.05) is 0 Å². The molecule has 1 aromatic heterocycles. The molecule has 2 N–H and O–H groups in total. The number of aromatic nitrogens is 3. The molecule has 1 fully saturated rings. The Bertz CT molecular complexity index is 740. The predicted octanol–water partition coefficient (Wildman–Crippen LogP) is -1.63. The van der Waals surface area contributed by atoms with E-state index in [1.165, 1.54) is 36.1 Å². The molecule has 1 aliphatic heterocycles. The summed E-state index contributed by atoms with van der Waals surface area (Å²) < 4.78 is 34.8. The van der Waals surface area contributed by atoms with Crippen LogP contribution in [0.4, 0.5) is 0 Å². The van der Waals surface area contributed by atoms with Crippen LogP contribution in [0.1, 0.15) is 19.8 Å². The van der Waals surface area contributed by atoms with Crippen LogP contribution in [-0.4, -0.2) is 82.0 Å². The van der Waals surface area contributed by atoms with Gasteiger partial charge in [0.25, 0.3) is 5.91 Å². The van der Waals surface area contributed by atoms with Gasteiger partial charge in [-0.1, -0.05) is 0 Å². The molecule has 0 saturated carbocycles. The second-order valence-electron chi connectivity index (χ2n) is 5.91. The van der Waals surface area contributed by atoms with Crippen LogP contribution in [0.2, 0.25) is 0 Å². The van der Waals surface area contributed by atoms with Crippen molar-refractivity contribution in [3.8, 4) is 0 Å². The highest BCUT2D eigenvalue weighted by molar-refractivity contribution is 7.80. The number of likely N-dealkylation sites (N-methyl/N-ethyl adjacent to an activating group) is 1. The molecule has 0 aliphatic carbocycles. The van der Waals surface area contributed by atoms with E-state index < -0.39 is 28.4 Å². The van der Waals surface area contributed by atoms with Crippen molar-refractivity contribution in [3.05, 3.63) is 12.4 Å². The molecule has 2 heterocycles. The van der Waals surface area contributed by atoms with E-state index in [1.54, 1.807) is 0 Å². The maximum Gasteiger partial charge on any atom is 0.413 e. The number of rotatable bonds is 8. The quantitative estimate of drug-likeness (QED) is 0.292. The molecule has 0 radical (unpaired) electrons. The molecule has 152 valence electrons. The molecule has 1 aliphatic rings. The van der Waals surface area contributed by atoms with Crippen molar-refractivity contribution in [3.63, 3.8) is 0 Å². The molecular formula is C13H22N6O7S. The standard InChI is InChI=1S/C13H22N6O7S/c1-10(20)18-9-11(17(2)26-27(22,23)24)3-4-12(18)13(21)16-25-8-7-19-14-5-6-15-19/h5-6,11-12H,3-4,7-9H2,1-2H3,(H,16,21)(H,22,23,24)/t11-,12+/m1/s1. The number of carbonyl (C=O) groups is 2. The van der Waals surface area contributed by atoms with Crippen molar-refractivity contribution in [2.75, 3.05) is 20.2 Å². The Balaban J connectivity index is 1.86. The molecule has 0 spiro atoms. The molecule has 1 aromatic rings. The van der Waals surface area contributed by atoms with E-state index in [4.69, 9.17) is 9.39 Å². The lowest BCUT2D eigenvalue weighted by Crippen LogP contribution is -2.57. The zero-order valence-corrected chi connectivity index (χ0v) is 15.7. The topological polar surface area (TPSA) is 156 Å². The molecule has 2 atom stereocenters. The second-order valence-corrected chi connectivity index (χ2v) is 6.91. The van der Waals surface area contributed by atoms with Crippen molar-refractivity contribution in [2.24, 2.45) is 0 Å². The first-order valence-corrected chi connectivity index (χ1v) is 9.46. The van der Waals surface area contributed by atoms with Gasteiger partial charge in [-0.15, -0.1) is 0 Å². The summed E-state index contributed by atoms with van der Waals surface area (Å²) in [6.07, 6.45) is 3.67. The van der Waals surface area contributed by atoms with Crippen LogP contribution in [0.25, 0.3) is 0 Å². The summed E-state index contributed by atoms with van der Waals surface area (Å²) >= 11 is 0. The van der Waals surface area contributed by atoms with Gasteiger partial charge in [-0.3, -0.25) is 19.0 Å². The van der Waals surface area contributed by atoms with Gasteiger partial charge in [-0.25, -0.2) is 5.48 Å². The van der Waals surface area contributed by atoms with Gasteiger partial charge in [0, 0.05) is 20.5 Å². The van der Waals surface area contributed by atoms with Gasteiger partial charge in [0.2, 0.25) is 5.91 Å². The monoisotopic (exact) mass is 406 g/mol. The zero-order chi connectivity index (χ0) is 20.0. The lowest BCUT2D eigenvalue weighted by molar-refractivity contribution is -0.154. The molecule has 13 nitrogen and oxygen atoms in total. The summed E-state index contributed by atoms with van der Waals surface area (Å²) in [4.78, 5) is 32.0. The average molecular weight is 406 g/mol. The number of nitrogens with zero attached hydrogens (tertiary/aromatic N) is 5. The fourth-order valence-corrected chi connectivity index (χ4v) is 3.17. The van der Waals surface area contributed by atoms with Crippen molar-refractivity contribution in [2.45, 2.75) is 38.4 Å². The third kappa shape index (κ3) is 6.51. The summed E-state index contributed by atoms with van der Waals surface area (Å²) in [7, 11) is -3.34. The molecule has 2 rings (SSSR count). The number of likely N-dealkylation sites (tertiary alicyclic amines) is 1. The number of hydrogen-bond donors (Lipinski definition) is 2. The van der Waals surface area contributed by atoms with Gasteiger partial charge in [-0.05, 0) is 12.8 Å². The van der Waals surface area contributed by atoms with E-state index >= 15 is 0 Å². The summed E-state index contributed by atoms with van der Waals surface area (Å²) in [5.41, 5.74) is 2.30. The lowest BCUT2D eigenvalue weighted by Gasteiger charge is -2.40. The smallest absolute Gasteiger partial charge is 0.329 e. The normalized spacial score (nSPS) is 20.7. The fourth-order valence-electron chi connectivity index (χ4n) is 2.75. The zero-order valence-electron chi connectivity index (χ0n) is 14.9. The van der Waals surface area contributed by atoms with Gasteiger partial charge in [0.05, 0.1) is 31.6 Å². The summed E-state index contributed by atoms with van der Waals surface area (Å²) in [6, 6.07) is -1.27. The van der Waals surface area contributed by atoms with E-state index in [9.17, 15) is 18.0 Å². The van der Waals surface area contributed by atoms with E-state index in [0.29, 0.717) is 13.0 Å². The second kappa shape index (κ2) is 9.18. The van der Waals surface area contributed by atoms with Gasteiger partial charge >= 0.3 is 10.4 Å². The third-order valence-corrected chi connectivity index (χ3v) is 4.45. The van der Waals surface area contributed by atoms with Gasteiger partial charge < -0.3 is 4.90 Å². The van der Waals surface area contributed by atoms with Gasteiger partial charge in [0.15, 0.2) is 0 Å². The minimum absolute atomic E-state index is 0.0522. The molecule has 1 saturated heterocycles. The van der Waals surface area contributed by atoms with Crippen LogP contribution in [0.15, 0.2) is 12.4 Å². The maximum atomic E-state index is 12.3. The third-order valence-electron chi connectivity index (χ3n) is 4.02. The number of amides is 2. The Labute approximate surface area is 156 Å². The maximum absolute atomic E-state index is 12.3. The van der Waals surface area contributed by atoms with Crippen molar-refractivity contribution < 1.29 is 31.7 Å². The van der Waals surface area contributed by atoms with Crippen LogP contribution in [0.5, 0.6) is 0 Å². The highest BCUT2D eigenvalue weighted by atomic mass is 32.3. The van der Waals surface area contributed by atoms with Crippen molar-refractivity contribution in [1.82, 2.24) is 30.4 Å².